The van der Waals surface area contributed by atoms with Crippen molar-refractivity contribution in [3.05, 3.63) is 35.4 Å². The van der Waals surface area contributed by atoms with Crippen molar-refractivity contribution >= 4 is 5.91 Å². The molecule has 0 N–H and O–H groups in total. The molecule has 1 saturated heterocycles. The van der Waals surface area contributed by atoms with E-state index in [2.05, 4.69) is 42.7 Å². The number of carbonyl (C=O) groups is 1. The number of likely N-dealkylation sites (tertiary alicyclic amines) is 1. The molecular weight excluding hydrogens is 308 g/mol. The summed E-state index contributed by atoms with van der Waals surface area (Å²) < 4.78 is 0. The molecule has 1 unspecified atom stereocenters. The number of benzene rings is 1. The maximum absolute atomic E-state index is 13.0. The van der Waals surface area contributed by atoms with Crippen molar-refractivity contribution in [3.8, 4) is 0 Å². The Morgan fingerprint density at radius 3 is 2.40 bits per heavy atom. The average Bonchev–Trinajstić information content (AvgIpc) is 3.30. The van der Waals surface area contributed by atoms with Crippen LogP contribution < -0.4 is 0 Å². The summed E-state index contributed by atoms with van der Waals surface area (Å²) in [7, 11) is 0. The molecule has 1 heterocycles. The van der Waals surface area contributed by atoms with Crippen molar-refractivity contribution in [1.82, 2.24) is 9.80 Å². The van der Waals surface area contributed by atoms with E-state index in [1.165, 1.54) is 44.1 Å². The zero-order valence-corrected chi connectivity index (χ0v) is 16.2. The van der Waals surface area contributed by atoms with Gasteiger partial charge in [0.05, 0.1) is 0 Å². The summed E-state index contributed by atoms with van der Waals surface area (Å²) in [6.07, 6.45) is 7.70. The van der Waals surface area contributed by atoms with Crippen LogP contribution in [0.1, 0.15) is 75.2 Å². The fraction of sp³-hybridized carbons (Fsp3) is 0.682. The second-order valence-corrected chi connectivity index (χ2v) is 8.11. The number of rotatable bonds is 6. The normalized spacial score (nSPS) is 21.6. The molecule has 1 amide bonds. The lowest BCUT2D eigenvalue weighted by molar-refractivity contribution is 0.0689. The standard InChI is InChI=1S/C22H34N2O/c1-4-23(17(2)3)16-18-11-13-20(14-12-18)22(25)24-15-7-10-21(24)19-8-5-6-9-19/h11-14,17,19,21H,4-10,15-16H2,1-3H3. The van der Waals surface area contributed by atoms with Gasteiger partial charge in [0.15, 0.2) is 0 Å². The molecule has 0 spiro atoms. The van der Waals surface area contributed by atoms with Crippen LogP contribution in [0.15, 0.2) is 24.3 Å². The number of nitrogens with zero attached hydrogens (tertiary/aromatic N) is 2. The van der Waals surface area contributed by atoms with Crippen LogP contribution in [0.25, 0.3) is 0 Å². The SMILES string of the molecule is CCN(Cc1ccc(C(=O)N2CCCC2C2CCCC2)cc1)C(C)C. The maximum Gasteiger partial charge on any atom is 0.254 e. The molecule has 138 valence electrons. The van der Waals surface area contributed by atoms with Crippen molar-refractivity contribution in [1.29, 1.82) is 0 Å². The molecule has 1 aliphatic heterocycles. The molecule has 0 bridgehead atoms. The van der Waals surface area contributed by atoms with Crippen LogP contribution in [0, 0.1) is 5.92 Å². The molecule has 0 radical (unpaired) electrons. The zero-order valence-electron chi connectivity index (χ0n) is 16.2. The lowest BCUT2D eigenvalue weighted by Crippen LogP contribution is -2.39. The van der Waals surface area contributed by atoms with Gasteiger partial charge in [-0.3, -0.25) is 9.69 Å². The third-order valence-corrected chi connectivity index (χ3v) is 6.23. The third-order valence-electron chi connectivity index (χ3n) is 6.23. The third kappa shape index (κ3) is 4.25. The summed E-state index contributed by atoms with van der Waals surface area (Å²) in [4.78, 5) is 17.6. The Bertz CT molecular complexity index is 560. The van der Waals surface area contributed by atoms with Crippen LogP contribution in [0.2, 0.25) is 0 Å². The highest BCUT2D eigenvalue weighted by Crippen LogP contribution is 2.36. The van der Waals surface area contributed by atoms with E-state index in [9.17, 15) is 4.79 Å². The molecule has 0 aromatic heterocycles. The van der Waals surface area contributed by atoms with E-state index in [1.54, 1.807) is 0 Å². The summed E-state index contributed by atoms with van der Waals surface area (Å²) in [5.74, 6) is 0.993. The van der Waals surface area contributed by atoms with Crippen LogP contribution >= 0.6 is 0 Å². The van der Waals surface area contributed by atoms with E-state index in [1.807, 2.05) is 12.1 Å². The maximum atomic E-state index is 13.0. The van der Waals surface area contributed by atoms with Gasteiger partial charge in [-0.25, -0.2) is 0 Å². The molecule has 1 aromatic rings. The second-order valence-electron chi connectivity index (χ2n) is 8.11. The van der Waals surface area contributed by atoms with Gasteiger partial charge in [0, 0.05) is 30.7 Å². The molecular formula is C22H34N2O. The Kier molecular flexibility index (Phi) is 6.16. The molecule has 3 heteroatoms. The largest absolute Gasteiger partial charge is 0.335 e. The Morgan fingerprint density at radius 2 is 1.80 bits per heavy atom. The molecule has 3 nitrogen and oxygen atoms in total. The molecule has 1 atom stereocenters. The van der Waals surface area contributed by atoms with Gasteiger partial charge >= 0.3 is 0 Å². The predicted molar refractivity (Wildman–Crippen MR) is 104 cm³/mol. The number of hydrogen-bond donors (Lipinski definition) is 0. The van der Waals surface area contributed by atoms with Crippen molar-refractivity contribution in [2.24, 2.45) is 5.92 Å². The minimum Gasteiger partial charge on any atom is -0.335 e. The Labute approximate surface area is 153 Å². The molecule has 2 aliphatic rings. The summed E-state index contributed by atoms with van der Waals surface area (Å²) >= 11 is 0. The first kappa shape index (κ1) is 18.4. The first-order chi connectivity index (χ1) is 12.1. The van der Waals surface area contributed by atoms with Gasteiger partial charge in [-0.15, -0.1) is 0 Å². The van der Waals surface area contributed by atoms with E-state index in [4.69, 9.17) is 0 Å². The van der Waals surface area contributed by atoms with Crippen LogP contribution in [0.3, 0.4) is 0 Å². The zero-order chi connectivity index (χ0) is 17.8. The Morgan fingerprint density at radius 1 is 1.12 bits per heavy atom. The quantitative estimate of drug-likeness (QED) is 0.747. The summed E-state index contributed by atoms with van der Waals surface area (Å²) in [5.41, 5.74) is 2.15. The molecule has 25 heavy (non-hydrogen) atoms. The summed E-state index contributed by atoms with van der Waals surface area (Å²) in [6.45, 7) is 9.62. The number of hydrogen-bond acceptors (Lipinski definition) is 2. The van der Waals surface area contributed by atoms with Crippen molar-refractivity contribution < 1.29 is 4.79 Å². The van der Waals surface area contributed by atoms with Crippen molar-refractivity contribution in [2.45, 2.75) is 77.9 Å². The monoisotopic (exact) mass is 342 g/mol. The van der Waals surface area contributed by atoms with Gasteiger partial charge in [0.1, 0.15) is 0 Å². The lowest BCUT2D eigenvalue weighted by Gasteiger charge is -2.29. The van der Waals surface area contributed by atoms with E-state index < -0.39 is 0 Å². The van der Waals surface area contributed by atoms with Crippen LogP contribution in [0.5, 0.6) is 0 Å². The van der Waals surface area contributed by atoms with E-state index in [0.717, 1.165) is 31.1 Å². The van der Waals surface area contributed by atoms with Gasteiger partial charge in [-0.1, -0.05) is 31.9 Å². The summed E-state index contributed by atoms with van der Waals surface area (Å²) in [5, 5.41) is 0. The van der Waals surface area contributed by atoms with E-state index in [-0.39, 0.29) is 5.91 Å². The minimum atomic E-state index is 0.247. The average molecular weight is 343 g/mol. The highest BCUT2D eigenvalue weighted by Gasteiger charge is 2.36. The van der Waals surface area contributed by atoms with Gasteiger partial charge in [-0.05, 0) is 69.7 Å². The molecule has 3 rings (SSSR count). The fourth-order valence-electron chi connectivity index (χ4n) is 4.69. The van der Waals surface area contributed by atoms with Crippen LogP contribution in [-0.2, 0) is 6.54 Å². The first-order valence-corrected chi connectivity index (χ1v) is 10.2. The predicted octanol–water partition coefficient (Wildman–Crippen LogP) is 4.71. The van der Waals surface area contributed by atoms with Crippen LogP contribution in [-0.4, -0.2) is 40.9 Å². The van der Waals surface area contributed by atoms with Gasteiger partial charge in [-0.2, -0.15) is 0 Å². The van der Waals surface area contributed by atoms with Crippen molar-refractivity contribution in [3.63, 3.8) is 0 Å². The molecule has 1 aliphatic carbocycles. The lowest BCUT2D eigenvalue weighted by atomic mass is 9.95. The highest BCUT2D eigenvalue weighted by atomic mass is 16.2. The molecule has 1 aromatic carbocycles. The topological polar surface area (TPSA) is 23.6 Å². The molecule has 2 fully saturated rings. The Hall–Kier alpha value is -1.35. The number of amides is 1. The van der Waals surface area contributed by atoms with Crippen molar-refractivity contribution in [2.75, 3.05) is 13.1 Å². The smallest absolute Gasteiger partial charge is 0.254 e. The first-order valence-electron chi connectivity index (χ1n) is 10.2. The van der Waals surface area contributed by atoms with Gasteiger partial charge in [0.25, 0.3) is 5.91 Å². The summed E-state index contributed by atoms with van der Waals surface area (Å²) in [6, 6.07) is 9.39. The fourth-order valence-corrected chi connectivity index (χ4v) is 4.69. The van der Waals surface area contributed by atoms with E-state index >= 15 is 0 Å². The van der Waals surface area contributed by atoms with E-state index in [0.29, 0.717) is 12.1 Å². The molecule has 1 saturated carbocycles. The Balaban J connectivity index is 1.66. The highest BCUT2D eigenvalue weighted by molar-refractivity contribution is 5.94. The van der Waals surface area contributed by atoms with Gasteiger partial charge < -0.3 is 4.90 Å². The number of carbonyl (C=O) groups excluding carboxylic acids is 1. The minimum absolute atomic E-state index is 0.247. The van der Waals surface area contributed by atoms with Crippen LogP contribution in [0.4, 0.5) is 0 Å². The second kappa shape index (κ2) is 8.35. The van der Waals surface area contributed by atoms with Gasteiger partial charge in [0.2, 0.25) is 0 Å².